The number of carbonyl (C=O) groups is 1. The summed E-state index contributed by atoms with van der Waals surface area (Å²) in [6.45, 7) is 2.50. The van der Waals surface area contributed by atoms with Gasteiger partial charge in [0, 0.05) is 16.6 Å². The number of aromatic nitrogens is 3. The quantitative estimate of drug-likeness (QED) is 0.509. The summed E-state index contributed by atoms with van der Waals surface area (Å²) in [5.41, 5.74) is 1.03. The van der Waals surface area contributed by atoms with Gasteiger partial charge in [-0.3, -0.25) is 0 Å². The minimum Gasteiger partial charge on any atom is -0.314 e. The second-order valence-corrected chi connectivity index (χ2v) is 9.26. The van der Waals surface area contributed by atoms with Crippen LogP contribution in [0.4, 0.5) is 14.9 Å². The molecule has 2 fully saturated rings. The fourth-order valence-electron chi connectivity index (χ4n) is 4.70. The van der Waals surface area contributed by atoms with Crippen LogP contribution in [-0.2, 0) is 5.54 Å². The molecule has 6 nitrogen and oxygen atoms in total. The molecule has 2 heterocycles. The Balaban J connectivity index is 1.45. The molecule has 1 saturated carbocycles. The molecule has 1 aromatic heterocycles. The number of rotatable bonds is 4. The molecule has 0 radical (unpaired) electrons. The van der Waals surface area contributed by atoms with Gasteiger partial charge in [-0.2, -0.15) is 0 Å². The second-order valence-electron chi connectivity index (χ2n) is 8.39. The predicted molar refractivity (Wildman–Crippen MR) is 122 cm³/mol. The van der Waals surface area contributed by atoms with Gasteiger partial charge in [0.2, 0.25) is 0 Å². The maximum atomic E-state index is 14.2. The van der Waals surface area contributed by atoms with Gasteiger partial charge in [0.05, 0.1) is 17.3 Å². The summed E-state index contributed by atoms with van der Waals surface area (Å²) < 4.78 is 16.4. The van der Waals surface area contributed by atoms with Crippen LogP contribution >= 0.6 is 23.2 Å². The molecule has 32 heavy (non-hydrogen) atoms. The summed E-state index contributed by atoms with van der Waals surface area (Å²) >= 11 is 11.9. The average molecular weight is 474 g/mol. The Labute approximate surface area is 195 Å². The van der Waals surface area contributed by atoms with E-state index in [9.17, 15) is 9.18 Å². The van der Waals surface area contributed by atoms with Crippen molar-refractivity contribution >= 4 is 34.9 Å². The first-order chi connectivity index (χ1) is 15.4. The monoisotopic (exact) mass is 473 g/mol. The minimum atomic E-state index is -0.569. The number of halogens is 3. The van der Waals surface area contributed by atoms with Crippen molar-refractivity contribution in [2.24, 2.45) is 0 Å². The van der Waals surface area contributed by atoms with Crippen LogP contribution in [0.1, 0.15) is 48.9 Å². The number of aryl methyl sites for hydroxylation is 1. The maximum absolute atomic E-state index is 14.2. The second kappa shape index (κ2) is 8.05. The van der Waals surface area contributed by atoms with E-state index in [4.69, 9.17) is 23.2 Å². The number of benzene rings is 2. The summed E-state index contributed by atoms with van der Waals surface area (Å²) in [5, 5.41) is 12.5. The van der Waals surface area contributed by atoms with Crippen LogP contribution in [0.5, 0.6) is 0 Å². The Hall–Kier alpha value is -2.64. The molecule has 2 aromatic carbocycles. The van der Waals surface area contributed by atoms with Gasteiger partial charge in [0.1, 0.15) is 11.6 Å². The normalized spacial score (nSPS) is 19.2. The number of likely N-dealkylation sites (tertiary alicyclic amines) is 1. The lowest BCUT2D eigenvalue weighted by atomic mass is 10.0. The van der Waals surface area contributed by atoms with Gasteiger partial charge in [-0.15, -0.1) is 10.2 Å². The van der Waals surface area contributed by atoms with Crippen LogP contribution in [0.15, 0.2) is 42.5 Å². The molecule has 0 spiro atoms. The Morgan fingerprint density at radius 3 is 2.53 bits per heavy atom. The fraction of sp³-hybridized carbons (Fsp3) is 0.348. The molecule has 1 aliphatic heterocycles. The Morgan fingerprint density at radius 1 is 1.12 bits per heavy atom. The zero-order chi connectivity index (χ0) is 22.5. The van der Waals surface area contributed by atoms with Crippen molar-refractivity contribution in [1.29, 1.82) is 0 Å². The van der Waals surface area contributed by atoms with E-state index in [2.05, 4.69) is 20.1 Å². The van der Waals surface area contributed by atoms with Crippen LogP contribution in [0.25, 0.3) is 0 Å². The molecule has 166 valence electrons. The number of carbonyl (C=O) groups excluding carboxylic acids is 1. The third kappa shape index (κ3) is 3.63. The molecule has 3 aromatic rings. The smallest absolute Gasteiger partial charge is 0.314 e. The number of urea groups is 1. The molecule has 1 saturated heterocycles. The van der Waals surface area contributed by atoms with Crippen molar-refractivity contribution in [2.45, 2.75) is 44.2 Å². The van der Waals surface area contributed by atoms with Crippen molar-refractivity contribution in [1.82, 2.24) is 19.7 Å². The highest BCUT2D eigenvalue weighted by Gasteiger charge is 2.50. The lowest BCUT2D eigenvalue weighted by Crippen LogP contribution is -2.37. The van der Waals surface area contributed by atoms with Gasteiger partial charge in [-0.1, -0.05) is 35.3 Å². The van der Waals surface area contributed by atoms with E-state index in [1.165, 1.54) is 12.1 Å². The summed E-state index contributed by atoms with van der Waals surface area (Å²) in [6.07, 6.45) is 3.54. The van der Waals surface area contributed by atoms with Gasteiger partial charge < -0.3 is 14.8 Å². The molecular formula is C23H22Cl2FN5O. The first kappa shape index (κ1) is 21.2. The number of nitrogens with one attached hydrogen (secondary N) is 1. The zero-order valence-electron chi connectivity index (χ0n) is 17.5. The maximum Gasteiger partial charge on any atom is 0.322 e. The highest BCUT2D eigenvalue weighted by atomic mass is 35.5. The Bertz CT molecular complexity index is 1180. The lowest BCUT2D eigenvalue weighted by molar-refractivity contribution is 0.202. The van der Waals surface area contributed by atoms with Crippen LogP contribution in [-0.4, -0.2) is 32.2 Å². The van der Waals surface area contributed by atoms with Crippen molar-refractivity contribution in [2.75, 3.05) is 11.9 Å². The van der Waals surface area contributed by atoms with Gasteiger partial charge in [-0.05, 0) is 68.5 Å². The van der Waals surface area contributed by atoms with E-state index >= 15 is 0 Å². The minimum absolute atomic E-state index is 0.0996. The Morgan fingerprint density at radius 2 is 1.84 bits per heavy atom. The molecular weight excluding hydrogens is 452 g/mol. The standard InChI is InChI=1S/C23H22Cl2FN5O/c1-14-28-29-21(31(14)23(10-11-23)15-4-6-16(24)7-5-15)20-3-2-12-30(20)22(32)27-19-9-8-17(25)13-18(19)26/h4-9,13,20H,2-3,10-12H2,1H3,(H,27,32)/t20-/m1/s1. The SMILES string of the molecule is Cc1nnc([C@H]2CCCN2C(=O)Nc2ccc(Cl)cc2F)n1C1(c2ccc(Cl)cc2)CC1. The molecule has 2 amide bonds. The van der Waals surface area contributed by atoms with Crippen LogP contribution in [0.3, 0.4) is 0 Å². The van der Waals surface area contributed by atoms with E-state index in [1.807, 2.05) is 31.2 Å². The fourth-order valence-corrected chi connectivity index (χ4v) is 4.98. The van der Waals surface area contributed by atoms with E-state index in [1.54, 1.807) is 11.0 Å². The largest absolute Gasteiger partial charge is 0.322 e. The Kier molecular flexibility index (Phi) is 5.34. The topological polar surface area (TPSA) is 63.1 Å². The van der Waals surface area contributed by atoms with Crippen LogP contribution < -0.4 is 5.32 Å². The highest BCUT2D eigenvalue weighted by Crippen LogP contribution is 2.52. The molecule has 2 aliphatic rings. The highest BCUT2D eigenvalue weighted by molar-refractivity contribution is 6.30. The molecule has 0 bridgehead atoms. The third-order valence-corrected chi connectivity index (χ3v) is 6.85. The van der Waals surface area contributed by atoms with Crippen LogP contribution in [0, 0.1) is 12.7 Å². The number of nitrogens with zero attached hydrogens (tertiary/aromatic N) is 4. The molecule has 1 aliphatic carbocycles. The van der Waals surface area contributed by atoms with Gasteiger partial charge in [0.15, 0.2) is 5.82 Å². The third-order valence-electron chi connectivity index (χ3n) is 6.37. The first-order valence-electron chi connectivity index (χ1n) is 10.6. The van der Waals surface area contributed by atoms with Gasteiger partial charge in [-0.25, -0.2) is 9.18 Å². The molecule has 1 N–H and O–H groups in total. The van der Waals surface area contributed by atoms with E-state index in [-0.39, 0.29) is 28.3 Å². The van der Waals surface area contributed by atoms with Crippen molar-refractivity contribution in [3.8, 4) is 0 Å². The number of anilines is 1. The first-order valence-corrected chi connectivity index (χ1v) is 11.4. The van der Waals surface area contributed by atoms with E-state index in [0.29, 0.717) is 11.6 Å². The molecule has 1 atom stereocenters. The van der Waals surface area contributed by atoms with Crippen molar-refractivity contribution < 1.29 is 9.18 Å². The summed E-state index contributed by atoms with van der Waals surface area (Å²) in [7, 11) is 0. The van der Waals surface area contributed by atoms with Gasteiger partial charge in [0.25, 0.3) is 0 Å². The summed E-state index contributed by atoms with van der Waals surface area (Å²) in [6, 6.07) is 11.5. The predicted octanol–water partition coefficient (Wildman–Crippen LogP) is 5.94. The van der Waals surface area contributed by atoms with E-state index in [0.717, 1.165) is 42.9 Å². The molecule has 0 unspecified atom stereocenters. The van der Waals surface area contributed by atoms with Gasteiger partial charge >= 0.3 is 6.03 Å². The number of amides is 2. The number of hydrogen-bond donors (Lipinski definition) is 1. The molecule has 9 heteroatoms. The number of hydrogen-bond acceptors (Lipinski definition) is 3. The molecule has 5 rings (SSSR count). The lowest BCUT2D eigenvalue weighted by Gasteiger charge is -2.28. The summed E-state index contributed by atoms with van der Waals surface area (Å²) in [4.78, 5) is 14.8. The summed E-state index contributed by atoms with van der Waals surface area (Å²) in [5.74, 6) is 1.00. The van der Waals surface area contributed by atoms with Crippen molar-refractivity contribution in [3.05, 3.63) is 75.5 Å². The van der Waals surface area contributed by atoms with E-state index < -0.39 is 5.82 Å². The average Bonchev–Trinajstić information content (AvgIpc) is 3.23. The van der Waals surface area contributed by atoms with Crippen LogP contribution in [0.2, 0.25) is 10.0 Å². The zero-order valence-corrected chi connectivity index (χ0v) is 19.0. The van der Waals surface area contributed by atoms with Crippen molar-refractivity contribution in [3.63, 3.8) is 0 Å².